The van der Waals surface area contributed by atoms with E-state index in [4.69, 9.17) is 21.1 Å². The van der Waals surface area contributed by atoms with E-state index in [9.17, 15) is 9.18 Å². The summed E-state index contributed by atoms with van der Waals surface area (Å²) in [6.07, 6.45) is 3.48. The Labute approximate surface area is 172 Å². The maximum absolute atomic E-state index is 13.8. The molecule has 1 aromatic heterocycles. The van der Waals surface area contributed by atoms with Crippen LogP contribution in [0, 0.1) is 5.82 Å². The molecular formula is C21H19ClFN3O3. The Morgan fingerprint density at radius 1 is 1.31 bits per heavy atom. The third-order valence-corrected chi connectivity index (χ3v) is 4.91. The number of hydrogen-bond acceptors (Lipinski definition) is 4. The van der Waals surface area contributed by atoms with Crippen molar-refractivity contribution in [1.29, 1.82) is 0 Å². The van der Waals surface area contributed by atoms with E-state index in [1.54, 1.807) is 41.2 Å². The number of hydrogen-bond donors (Lipinski definition) is 1. The summed E-state index contributed by atoms with van der Waals surface area (Å²) in [5, 5.41) is 3.35. The Kier molecular flexibility index (Phi) is 5.40. The minimum atomic E-state index is -0.592. The third-order valence-electron chi connectivity index (χ3n) is 4.63. The van der Waals surface area contributed by atoms with E-state index < -0.39 is 6.04 Å². The van der Waals surface area contributed by atoms with Crippen molar-refractivity contribution in [2.45, 2.75) is 12.5 Å². The number of halogens is 2. The highest BCUT2D eigenvalue weighted by Gasteiger charge is 2.23. The second-order valence-electron chi connectivity index (χ2n) is 6.73. The molecule has 3 aromatic rings. The van der Waals surface area contributed by atoms with Crippen LogP contribution in [0.1, 0.15) is 23.0 Å². The smallest absolute Gasteiger partial charge is 0.225 e. The van der Waals surface area contributed by atoms with E-state index in [-0.39, 0.29) is 18.1 Å². The molecule has 0 fully saturated rings. The summed E-state index contributed by atoms with van der Waals surface area (Å²) >= 11 is 6.26. The Hall–Kier alpha value is -3.06. The fourth-order valence-electron chi connectivity index (χ4n) is 3.30. The van der Waals surface area contributed by atoms with Gasteiger partial charge in [0.1, 0.15) is 30.9 Å². The molecule has 8 heteroatoms. The molecule has 150 valence electrons. The first-order chi connectivity index (χ1) is 14.0. The van der Waals surface area contributed by atoms with Gasteiger partial charge in [-0.2, -0.15) is 0 Å². The Morgan fingerprint density at radius 3 is 2.90 bits per heavy atom. The van der Waals surface area contributed by atoms with Crippen LogP contribution < -0.4 is 14.8 Å². The molecule has 0 spiro atoms. The topological polar surface area (TPSA) is 65.4 Å². The summed E-state index contributed by atoms with van der Waals surface area (Å²) in [7, 11) is 1.82. The van der Waals surface area contributed by atoms with Crippen molar-refractivity contribution in [3.63, 3.8) is 0 Å². The van der Waals surface area contributed by atoms with Crippen LogP contribution in [0.5, 0.6) is 11.5 Å². The quantitative estimate of drug-likeness (QED) is 0.693. The number of rotatable bonds is 5. The molecule has 2 heterocycles. The zero-order chi connectivity index (χ0) is 20.4. The van der Waals surface area contributed by atoms with Crippen LogP contribution in [-0.2, 0) is 18.3 Å². The predicted molar refractivity (Wildman–Crippen MR) is 106 cm³/mol. The number of aryl methyl sites for hydroxylation is 1. The van der Waals surface area contributed by atoms with Crippen molar-refractivity contribution in [1.82, 2.24) is 14.9 Å². The number of fused-ring (bicyclic) bond motifs is 1. The highest BCUT2D eigenvalue weighted by Crippen LogP contribution is 2.38. The van der Waals surface area contributed by atoms with Crippen LogP contribution in [-0.4, -0.2) is 28.7 Å². The normalized spacial score (nSPS) is 13.8. The SMILES string of the molecule is Cn1ccnc1C(NC(=O)Cc1cc(Cl)c2c(c1)OCCO2)c1cccc(F)c1. The maximum atomic E-state index is 13.8. The van der Waals surface area contributed by atoms with E-state index in [0.717, 1.165) is 0 Å². The van der Waals surface area contributed by atoms with Gasteiger partial charge in [0.25, 0.3) is 0 Å². The molecule has 1 atom stereocenters. The number of imidazole rings is 1. The van der Waals surface area contributed by atoms with Gasteiger partial charge >= 0.3 is 0 Å². The van der Waals surface area contributed by atoms with Crippen LogP contribution in [0.3, 0.4) is 0 Å². The second kappa shape index (κ2) is 8.13. The van der Waals surface area contributed by atoms with Crippen molar-refractivity contribution in [2.24, 2.45) is 7.05 Å². The standard InChI is InChI=1S/C21H19ClFN3O3/c1-26-6-5-24-21(26)19(14-3-2-4-15(23)12-14)25-18(27)11-13-9-16(22)20-17(10-13)28-7-8-29-20/h2-6,9-10,12,19H,7-8,11H2,1H3,(H,25,27). The Balaban J connectivity index is 1.57. The summed E-state index contributed by atoms with van der Waals surface area (Å²) < 4.78 is 26.6. The van der Waals surface area contributed by atoms with Crippen LogP contribution in [0.4, 0.5) is 4.39 Å². The summed E-state index contributed by atoms with van der Waals surface area (Å²) in [4.78, 5) is 17.1. The van der Waals surface area contributed by atoms with E-state index in [1.807, 2.05) is 7.05 Å². The van der Waals surface area contributed by atoms with Crippen LogP contribution in [0.15, 0.2) is 48.8 Å². The molecule has 1 unspecified atom stereocenters. The molecule has 1 N–H and O–H groups in total. The summed E-state index contributed by atoms with van der Waals surface area (Å²) in [5.74, 6) is 0.985. The van der Waals surface area contributed by atoms with Gasteiger partial charge in [-0.05, 0) is 35.4 Å². The molecule has 4 rings (SSSR count). The Bertz CT molecular complexity index is 1050. The van der Waals surface area contributed by atoms with Crippen molar-refractivity contribution in [3.05, 3.63) is 76.6 Å². The first-order valence-corrected chi connectivity index (χ1v) is 9.49. The van der Waals surface area contributed by atoms with E-state index in [1.165, 1.54) is 12.1 Å². The van der Waals surface area contributed by atoms with Crippen LogP contribution in [0.25, 0.3) is 0 Å². The zero-order valence-electron chi connectivity index (χ0n) is 15.7. The number of carbonyl (C=O) groups is 1. The van der Waals surface area contributed by atoms with Crippen LogP contribution >= 0.6 is 11.6 Å². The van der Waals surface area contributed by atoms with Gasteiger partial charge in [-0.3, -0.25) is 4.79 Å². The summed E-state index contributed by atoms with van der Waals surface area (Å²) in [6.45, 7) is 0.866. The first-order valence-electron chi connectivity index (χ1n) is 9.11. The third kappa shape index (κ3) is 4.19. The average Bonchev–Trinajstić information content (AvgIpc) is 3.12. The summed E-state index contributed by atoms with van der Waals surface area (Å²) in [5.41, 5.74) is 1.29. The van der Waals surface area contributed by atoms with E-state index >= 15 is 0 Å². The maximum Gasteiger partial charge on any atom is 0.225 e. The average molecular weight is 416 g/mol. The molecular weight excluding hydrogens is 397 g/mol. The minimum absolute atomic E-state index is 0.0760. The summed E-state index contributed by atoms with van der Waals surface area (Å²) in [6, 6.07) is 8.95. The Morgan fingerprint density at radius 2 is 2.14 bits per heavy atom. The van der Waals surface area contributed by atoms with E-state index in [2.05, 4.69) is 10.3 Å². The molecule has 0 saturated heterocycles. The van der Waals surface area contributed by atoms with Crippen molar-refractivity contribution in [3.8, 4) is 11.5 Å². The van der Waals surface area contributed by atoms with Gasteiger partial charge in [0.2, 0.25) is 5.91 Å². The number of nitrogens with zero attached hydrogens (tertiary/aromatic N) is 2. The monoisotopic (exact) mass is 415 g/mol. The van der Waals surface area contributed by atoms with Gasteiger partial charge in [-0.1, -0.05) is 23.7 Å². The highest BCUT2D eigenvalue weighted by atomic mass is 35.5. The number of amides is 1. The fourth-order valence-corrected chi connectivity index (χ4v) is 3.59. The van der Waals surface area contributed by atoms with E-state index in [0.29, 0.717) is 46.7 Å². The molecule has 1 aliphatic rings. The number of benzene rings is 2. The van der Waals surface area contributed by atoms with Gasteiger partial charge < -0.3 is 19.4 Å². The number of carbonyl (C=O) groups excluding carboxylic acids is 1. The van der Waals surface area contributed by atoms with Crippen molar-refractivity contribution < 1.29 is 18.7 Å². The molecule has 6 nitrogen and oxygen atoms in total. The highest BCUT2D eigenvalue weighted by molar-refractivity contribution is 6.32. The number of ether oxygens (including phenoxy) is 2. The zero-order valence-corrected chi connectivity index (χ0v) is 16.4. The van der Waals surface area contributed by atoms with Crippen LogP contribution in [0.2, 0.25) is 5.02 Å². The van der Waals surface area contributed by atoms with Crippen molar-refractivity contribution in [2.75, 3.05) is 13.2 Å². The largest absolute Gasteiger partial charge is 0.486 e. The molecule has 0 saturated carbocycles. The lowest BCUT2D eigenvalue weighted by Gasteiger charge is -2.21. The van der Waals surface area contributed by atoms with Gasteiger partial charge in [0.05, 0.1) is 11.4 Å². The molecule has 0 radical (unpaired) electrons. The molecule has 1 amide bonds. The lowest BCUT2D eigenvalue weighted by Crippen LogP contribution is -2.32. The minimum Gasteiger partial charge on any atom is -0.486 e. The predicted octanol–water partition coefficient (Wildman–Crippen LogP) is 3.43. The number of nitrogens with one attached hydrogen (secondary N) is 1. The van der Waals surface area contributed by atoms with Gasteiger partial charge in [0.15, 0.2) is 11.5 Å². The molecule has 2 aromatic carbocycles. The molecule has 1 aliphatic heterocycles. The fraction of sp³-hybridized carbons (Fsp3) is 0.238. The molecule has 0 bridgehead atoms. The van der Waals surface area contributed by atoms with Gasteiger partial charge in [-0.25, -0.2) is 9.37 Å². The van der Waals surface area contributed by atoms with Crippen molar-refractivity contribution >= 4 is 17.5 Å². The second-order valence-corrected chi connectivity index (χ2v) is 7.14. The van der Waals surface area contributed by atoms with Gasteiger partial charge in [0, 0.05) is 19.4 Å². The first kappa shape index (κ1) is 19.3. The molecule has 0 aliphatic carbocycles. The molecule has 29 heavy (non-hydrogen) atoms. The number of aromatic nitrogens is 2. The van der Waals surface area contributed by atoms with Gasteiger partial charge in [-0.15, -0.1) is 0 Å². The lowest BCUT2D eigenvalue weighted by molar-refractivity contribution is -0.121. The lowest BCUT2D eigenvalue weighted by atomic mass is 10.0.